The monoisotopic (exact) mass is 188 g/mol. The van der Waals surface area contributed by atoms with Crippen LogP contribution in [0, 0.1) is 0 Å². The van der Waals surface area contributed by atoms with Crippen molar-refractivity contribution in [3.8, 4) is 0 Å². The number of pyridine rings is 1. The summed E-state index contributed by atoms with van der Waals surface area (Å²) in [6, 6.07) is 4.74. The molecule has 0 bridgehead atoms. The third-order valence-corrected chi connectivity index (χ3v) is 2.58. The molecule has 0 spiro atoms. The van der Waals surface area contributed by atoms with Crippen molar-refractivity contribution in [2.24, 2.45) is 0 Å². The van der Waals surface area contributed by atoms with Crippen LogP contribution in [0.2, 0.25) is 0 Å². The van der Waals surface area contributed by atoms with Crippen LogP contribution in [0.1, 0.15) is 24.8 Å². The Morgan fingerprint density at radius 3 is 3.29 bits per heavy atom. The van der Waals surface area contributed by atoms with Gasteiger partial charge in [0.2, 0.25) is 0 Å². The minimum Gasteiger partial charge on any atom is -0.314 e. The number of nitrogens with one attached hydrogen (secondary N) is 1. The van der Waals surface area contributed by atoms with E-state index in [0.29, 0.717) is 6.04 Å². The van der Waals surface area contributed by atoms with Crippen molar-refractivity contribution in [2.75, 3.05) is 6.54 Å². The summed E-state index contributed by atoms with van der Waals surface area (Å²) in [5, 5.41) is 3.48. The van der Waals surface area contributed by atoms with Gasteiger partial charge in [-0.25, -0.2) is 0 Å². The topological polar surface area (TPSA) is 24.9 Å². The zero-order chi connectivity index (χ0) is 9.64. The van der Waals surface area contributed by atoms with Crippen LogP contribution < -0.4 is 5.32 Å². The Bertz CT molecular complexity index is 286. The van der Waals surface area contributed by atoms with Crippen molar-refractivity contribution in [2.45, 2.75) is 25.3 Å². The minimum absolute atomic E-state index is 0.697. The number of hydrogen-bond acceptors (Lipinski definition) is 2. The molecular formula is C12H16N2. The second-order valence-electron chi connectivity index (χ2n) is 3.72. The molecule has 0 amide bonds. The average Bonchev–Trinajstić information content (AvgIpc) is 2.72. The number of aromatic nitrogens is 1. The Labute approximate surface area is 85.1 Å². The van der Waals surface area contributed by atoms with Crippen molar-refractivity contribution in [3.05, 3.63) is 36.2 Å². The van der Waals surface area contributed by atoms with Crippen molar-refractivity contribution in [1.82, 2.24) is 10.3 Å². The van der Waals surface area contributed by atoms with Gasteiger partial charge < -0.3 is 5.32 Å². The van der Waals surface area contributed by atoms with Gasteiger partial charge in [-0.05, 0) is 37.4 Å². The van der Waals surface area contributed by atoms with E-state index in [1.54, 1.807) is 6.20 Å². The molecule has 0 aromatic carbocycles. The van der Waals surface area contributed by atoms with E-state index in [4.69, 9.17) is 0 Å². The fraction of sp³-hybridized carbons (Fsp3) is 0.417. The highest BCUT2D eigenvalue weighted by Gasteiger charge is 2.11. The maximum absolute atomic E-state index is 4.07. The van der Waals surface area contributed by atoms with Gasteiger partial charge in [0.1, 0.15) is 0 Å². The maximum Gasteiger partial charge on any atom is 0.0340 e. The molecule has 1 atom stereocenters. The van der Waals surface area contributed by atoms with Crippen LogP contribution in [0.5, 0.6) is 0 Å². The fourth-order valence-electron chi connectivity index (χ4n) is 1.80. The van der Waals surface area contributed by atoms with E-state index in [2.05, 4.69) is 28.5 Å². The van der Waals surface area contributed by atoms with Crippen LogP contribution in [-0.2, 0) is 0 Å². The second kappa shape index (κ2) is 4.91. The summed E-state index contributed by atoms with van der Waals surface area (Å²) in [5.74, 6) is 0. The molecule has 1 unspecified atom stereocenters. The summed E-state index contributed by atoms with van der Waals surface area (Å²) in [5.41, 5.74) is 1.19. The van der Waals surface area contributed by atoms with Gasteiger partial charge in [0.05, 0.1) is 0 Å². The summed E-state index contributed by atoms with van der Waals surface area (Å²) in [4.78, 5) is 4.07. The quantitative estimate of drug-likeness (QED) is 0.787. The van der Waals surface area contributed by atoms with E-state index in [0.717, 1.165) is 6.42 Å². The molecule has 0 aliphatic carbocycles. The molecule has 1 aliphatic rings. The normalized spacial score (nSPS) is 21.9. The Morgan fingerprint density at radius 1 is 1.57 bits per heavy atom. The van der Waals surface area contributed by atoms with Gasteiger partial charge in [0.25, 0.3) is 0 Å². The highest BCUT2D eigenvalue weighted by Crippen LogP contribution is 2.10. The highest BCUT2D eigenvalue weighted by atomic mass is 14.9. The molecule has 2 heterocycles. The summed E-state index contributed by atoms with van der Waals surface area (Å²) < 4.78 is 0. The Morgan fingerprint density at radius 2 is 2.57 bits per heavy atom. The van der Waals surface area contributed by atoms with E-state index in [-0.39, 0.29) is 0 Å². The van der Waals surface area contributed by atoms with Crippen molar-refractivity contribution in [1.29, 1.82) is 0 Å². The molecule has 74 valence electrons. The van der Waals surface area contributed by atoms with E-state index >= 15 is 0 Å². The van der Waals surface area contributed by atoms with Crippen LogP contribution in [0.15, 0.2) is 30.6 Å². The van der Waals surface area contributed by atoms with Crippen LogP contribution in [0.3, 0.4) is 0 Å². The van der Waals surface area contributed by atoms with E-state index < -0.39 is 0 Å². The molecule has 1 fully saturated rings. The lowest BCUT2D eigenvalue weighted by Gasteiger charge is -2.04. The van der Waals surface area contributed by atoms with Crippen molar-refractivity contribution < 1.29 is 0 Å². The number of nitrogens with zero attached hydrogens (tertiary/aromatic N) is 1. The lowest BCUT2D eigenvalue weighted by Crippen LogP contribution is -2.19. The number of rotatable bonds is 3. The third kappa shape index (κ3) is 2.67. The summed E-state index contributed by atoms with van der Waals surface area (Å²) in [6.45, 7) is 1.19. The zero-order valence-electron chi connectivity index (χ0n) is 8.32. The molecule has 1 aromatic rings. The Balaban J connectivity index is 1.82. The third-order valence-electron chi connectivity index (χ3n) is 2.58. The Kier molecular flexibility index (Phi) is 3.30. The van der Waals surface area contributed by atoms with Crippen molar-refractivity contribution >= 4 is 6.08 Å². The van der Waals surface area contributed by atoms with Crippen LogP contribution >= 0.6 is 0 Å². The van der Waals surface area contributed by atoms with Gasteiger partial charge in [0.15, 0.2) is 0 Å². The smallest absolute Gasteiger partial charge is 0.0340 e. The van der Waals surface area contributed by atoms with Gasteiger partial charge >= 0.3 is 0 Å². The zero-order valence-corrected chi connectivity index (χ0v) is 8.32. The largest absolute Gasteiger partial charge is 0.314 e. The van der Waals surface area contributed by atoms with Crippen LogP contribution in [0.4, 0.5) is 0 Å². The molecular weight excluding hydrogens is 172 g/mol. The van der Waals surface area contributed by atoms with Gasteiger partial charge in [0, 0.05) is 18.4 Å². The average molecular weight is 188 g/mol. The first kappa shape index (κ1) is 9.41. The van der Waals surface area contributed by atoms with E-state index in [9.17, 15) is 0 Å². The molecule has 0 radical (unpaired) electrons. The summed E-state index contributed by atoms with van der Waals surface area (Å²) in [6.07, 6.45) is 11.8. The standard InChI is InChI=1S/C12H16N2/c1(6-12-7-3-9-14-12)4-11-5-2-8-13-10-11/h1-2,4-5,8,10,12,14H,3,6-7,9H2/b4-1+. The van der Waals surface area contributed by atoms with Crippen molar-refractivity contribution in [3.63, 3.8) is 0 Å². The molecule has 1 aromatic heterocycles. The lowest BCUT2D eigenvalue weighted by atomic mass is 10.1. The highest BCUT2D eigenvalue weighted by molar-refractivity contribution is 5.47. The molecule has 2 heteroatoms. The summed E-state index contributed by atoms with van der Waals surface area (Å²) >= 11 is 0. The fourth-order valence-corrected chi connectivity index (χ4v) is 1.80. The van der Waals surface area contributed by atoms with Crippen LogP contribution in [0.25, 0.3) is 6.08 Å². The predicted octanol–water partition coefficient (Wildman–Crippen LogP) is 2.24. The van der Waals surface area contributed by atoms with Crippen LogP contribution in [-0.4, -0.2) is 17.6 Å². The first-order valence-corrected chi connectivity index (χ1v) is 5.25. The molecule has 1 N–H and O–H groups in total. The molecule has 1 saturated heterocycles. The molecule has 1 aliphatic heterocycles. The first-order valence-electron chi connectivity index (χ1n) is 5.25. The molecule has 0 saturated carbocycles. The predicted molar refractivity (Wildman–Crippen MR) is 58.9 cm³/mol. The lowest BCUT2D eigenvalue weighted by molar-refractivity contribution is 0.615. The van der Waals surface area contributed by atoms with Gasteiger partial charge in [-0.3, -0.25) is 4.98 Å². The van der Waals surface area contributed by atoms with Gasteiger partial charge in [-0.1, -0.05) is 18.2 Å². The van der Waals surface area contributed by atoms with E-state index in [1.807, 2.05) is 12.3 Å². The van der Waals surface area contributed by atoms with E-state index in [1.165, 1.54) is 24.9 Å². The minimum atomic E-state index is 0.697. The molecule has 2 nitrogen and oxygen atoms in total. The summed E-state index contributed by atoms with van der Waals surface area (Å²) in [7, 11) is 0. The first-order chi connectivity index (χ1) is 6.95. The molecule has 14 heavy (non-hydrogen) atoms. The second-order valence-corrected chi connectivity index (χ2v) is 3.72. The number of hydrogen-bond donors (Lipinski definition) is 1. The Hall–Kier alpha value is -1.15. The molecule has 2 rings (SSSR count). The van der Waals surface area contributed by atoms with Gasteiger partial charge in [-0.2, -0.15) is 0 Å². The SMILES string of the molecule is C(=C\c1cccnc1)/CC1CCCN1. The maximum atomic E-state index is 4.07. The van der Waals surface area contributed by atoms with Gasteiger partial charge in [-0.15, -0.1) is 0 Å².